The van der Waals surface area contributed by atoms with Crippen LogP contribution in [0.5, 0.6) is 5.75 Å². The Labute approximate surface area is 179 Å². The molecule has 0 fully saturated rings. The van der Waals surface area contributed by atoms with Gasteiger partial charge in [0.25, 0.3) is 5.91 Å². The van der Waals surface area contributed by atoms with Crippen molar-refractivity contribution in [2.45, 2.75) is 6.42 Å². The molecule has 0 radical (unpaired) electrons. The minimum absolute atomic E-state index is 0.0346. The van der Waals surface area contributed by atoms with Crippen molar-refractivity contribution in [3.05, 3.63) is 77.9 Å². The summed E-state index contributed by atoms with van der Waals surface area (Å²) in [4.78, 5) is 24.2. The van der Waals surface area contributed by atoms with Gasteiger partial charge in [-0.3, -0.25) is 9.78 Å². The van der Waals surface area contributed by atoms with Crippen LogP contribution in [0.3, 0.4) is 0 Å². The van der Waals surface area contributed by atoms with Gasteiger partial charge in [0.05, 0.1) is 19.1 Å². The summed E-state index contributed by atoms with van der Waals surface area (Å²) in [5, 5.41) is 0.993. The molecular formula is C22H20N4O4S. The molecule has 0 saturated heterocycles. The summed E-state index contributed by atoms with van der Waals surface area (Å²) in [6, 6.07) is 14.6. The predicted octanol–water partition coefficient (Wildman–Crippen LogP) is 2.91. The van der Waals surface area contributed by atoms with Crippen LogP contribution >= 0.6 is 0 Å². The highest BCUT2D eigenvalue weighted by Gasteiger charge is 2.17. The van der Waals surface area contributed by atoms with Gasteiger partial charge in [0, 0.05) is 47.0 Å². The number of fused-ring (bicyclic) bond motifs is 1. The fourth-order valence-corrected chi connectivity index (χ4v) is 3.85. The predicted molar refractivity (Wildman–Crippen MR) is 117 cm³/mol. The quantitative estimate of drug-likeness (QED) is 0.480. The zero-order chi connectivity index (χ0) is 22.0. The van der Waals surface area contributed by atoms with E-state index in [9.17, 15) is 13.2 Å². The van der Waals surface area contributed by atoms with Crippen LogP contribution in [0.1, 0.15) is 21.7 Å². The van der Waals surface area contributed by atoms with E-state index in [0.29, 0.717) is 12.1 Å². The minimum atomic E-state index is -3.68. The number of hydrogen-bond donors (Lipinski definition) is 2. The Morgan fingerprint density at radius 1 is 1.16 bits per heavy atom. The molecule has 158 valence electrons. The van der Waals surface area contributed by atoms with Gasteiger partial charge >= 0.3 is 0 Å². The van der Waals surface area contributed by atoms with E-state index in [2.05, 4.69) is 15.0 Å². The van der Waals surface area contributed by atoms with Crippen molar-refractivity contribution < 1.29 is 17.9 Å². The van der Waals surface area contributed by atoms with E-state index in [1.165, 1.54) is 6.07 Å². The lowest BCUT2D eigenvalue weighted by Gasteiger charge is -2.07. The maximum absolute atomic E-state index is 12.2. The van der Waals surface area contributed by atoms with Gasteiger partial charge in [-0.2, -0.15) is 0 Å². The van der Waals surface area contributed by atoms with Gasteiger partial charge in [-0.15, -0.1) is 0 Å². The zero-order valence-corrected chi connectivity index (χ0v) is 17.7. The maximum Gasteiger partial charge on any atom is 0.283 e. The summed E-state index contributed by atoms with van der Waals surface area (Å²) >= 11 is 0. The van der Waals surface area contributed by atoms with Crippen LogP contribution in [0.15, 0.2) is 60.9 Å². The van der Waals surface area contributed by atoms with Crippen LogP contribution in [0.2, 0.25) is 0 Å². The Kier molecular flexibility index (Phi) is 5.43. The number of amides is 1. The lowest BCUT2D eigenvalue weighted by Crippen LogP contribution is -2.30. The Balaban J connectivity index is 1.78. The number of pyridine rings is 2. The fourth-order valence-electron chi connectivity index (χ4n) is 3.41. The van der Waals surface area contributed by atoms with Crippen molar-refractivity contribution in [3.63, 3.8) is 0 Å². The van der Waals surface area contributed by atoms with Crippen LogP contribution in [0, 0.1) is 0 Å². The third kappa shape index (κ3) is 4.56. The second-order valence-electron chi connectivity index (χ2n) is 7.03. The number of rotatable bonds is 6. The van der Waals surface area contributed by atoms with Crippen LogP contribution in [0.4, 0.5) is 0 Å². The molecule has 4 rings (SSSR count). The monoisotopic (exact) mass is 436 g/mol. The summed E-state index contributed by atoms with van der Waals surface area (Å²) in [7, 11) is -2.06. The molecule has 0 atom stereocenters. The number of hydrogen-bond acceptors (Lipinski definition) is 6. The summed E-state index contributed by atoms with van der Waals surface area (Å²) in [5.74, 6) is -0.0314. The average molecular weight is 436 g/mol. The third-order valence-corrected chi connectivity index (χ3v) is 5.30. The smallest absolute Gasteiger partial charge is 0.283 e. The van der Waals surface area contributed by atoms with E-state index in [1.807, 2.05) is 35.1 Å². The molecule has 0 saturated carbocycles. The summed E-state index contributed by atoms with van der Waals surface area (Å²) in [6.45, 7) is 0. The van der Waals surface area contributed by atoms with Gasteiger partial charge in [0.2, 0.25) is 10.0 Å². The van der Waals surface area contributed by atoms with Gasteiger partial charge < -0.3 is 9.72 Å². The highest BCUT2D eigenvalue weighted by Crippen LogP contribution is 2.33. The first-order chi connectivity index (χ1) is 14.8. The lowest BCUT2D eigenvalue weighted by molar-refractivity contribution is 0.0976. The average Bonchev–Trinajstić information content (AvgIpc) is 3.11. The number of aromatic amines is 1. The first-order valence-electron chi connectivity index (χ1n) is 9.41. The number of carbonyl (C=O) groups is 1. The number of nitrogens with zero attached hydrogens (tertiary/aromatic N) is 2. The van der Waals surface area contributed by atoms with E-state index in [1.54, 1.807) is 31.6 Å². The molecule has 9 heteroatoms. The van der Waals surface area contributed by atoms with Crippen LogP contribution in [-0.4, -0.2) is 42.6 Å². The molecule has 0 bridgehead atoms. The molecule has 0 aliphatic heterocycles. The van der Waals surface area contributed by atoms with Crippen molar-refractivity contribution >= 4 is 26.8 Å². The van der Waals surface area contributed by atoms with E-state index in [4.69, 9.17) is 4.74 Å². The Morgan fingerprint density at radius 2 is 2.00 bits per heavy atom. The fraction of sp³-hybridized carbons (Fsp3) is 0.136. The first kappa shape index (κ1) is 20.5. The summed E-state index contributed by atoms with van der Waals surface area (Å²) in [5.41, 5.74) is 4.36. The highest BCUT2D eigenvalue weighted by atomic mass is 32.2. The Bertz CT molecular complexity index is 1370. The molecule has 0 spiro atoms. The van der Waals surface area contributed by atoms with E-state index < -0.39 is 15.9 Å². The number of methoxy groups -OCH3 is 1. The molecule has 0 unspecified atom stereocenters. The third-order valence-electron chi connectivity index (χ3n) is 4.74. The van der Waals surface area contributed by atoms with Crippen LogP contribution < -0.4 is 9.46 Å². The second kappa shape index (κ2) is 8.19. The minimum Gasteiger partial charge on any atom is -0.497 e. The van der Waals surface area contributed by atoms with Gasteiger partial charge in [-0.25, -0.2) is 18.1 Å². The van der Waals surface area contributed by atoms with E-state index in [-0.39, 0.29) is 5.69 Å². The van der Waals surface area contributed by atoms with Gasteiger partial charge in [-0.05, 0) is 42.0 Å². The normalized spacial score (nSPS) is 11.4. The van der Waals surface area contributed by atoms with E-state index in [0.717, 1.165) is 39.7 Å². The van der Waals surface area contributed by atoms with Gasteiger partial charge in [-0.1, -0.05) is 6.07 Å². The molecule has 3 aromatic heterocycles. The number of sulfonamides is 1. The van der Waals surface area contributed by atoms with Gasteiger partial charge in [0.15, 0.2) is 0 Å². The molecule has 1 amide bonds. The maximum atomic E-state index is 12.2. The van der Waals surface area contributed by atoms with Crippen molar-refractivity contribution in [1.29, 1.82) is 0 Å². The van der Waals surface area contributed by atoms with E-state index >= 15 is 0 Å². The highest BCUT2D eigenvalue weighted by molar-refractivity contribution is 7.89. The second-order valence-corrected chi connectivity index (χ2v) is 8.77. The number of ether oxygens (including phenoxy) is 1. The van der Waals surface area contributed by atoms with Crippen molar-refractivity contribution in [1.82, 2.24) is 19.7 Å². The van der Waals surface area contributed by atoms with Gasteiger partial charge in [0.1, 0.15) is 11.4 Å². The van der Waals surface area contributed by atoms with Crippen molar-refractivity contribution in [2.75, 3.05) is 13.4 Å². The number of benzene rings is 1. The number of H-pyrrole nitrogens is 1. The van der Waals surface area contributed by atoms with Crippen LogP contribution in [-0.2, 0) is 16.4 Å². The zero-order valence-electron chi connectivity index (χ0n) is 16.9. The molecular weight excluding hydrogens is 416 g/mol. The first-order valence-corrected chi connectivity index (χ1v) is 11.3. The summed E-state index contributed by atoms with van der Waals surface area (Å²) < 4.78 is 30.0. The van der Waals surface area contributed by atoms with Crippen molar-refractivity contribution in [3.8, 4) is 17.0 Å². The molecule has 1 aromatic carbocycles. The van der Waals surface area contributed by atoms with Crippen LogP contribution in [0.25, 0.3) is 22.2 Å². The Morgan fingerprint density at radius 3 is 2.71 bits per heavy atom. The lowest BCUT2D eigenvalue weighted by atomic mass is 10.0. The number of aromatic nitrogens is 3. The molecule has 4 aromatic rings. The standard InChI is InChI=1S/C22H20N4O4S/c1-30-16-8-9-17-18(21(25-20(17)12-16)14-5-4-10-23-13-14)11-15-6-3-7-19(24-15)22(27)26-31(2,28)29/h3-10,12-13,25H,11H2,1-2H3,(H,26,27). The van der Waals surface area contributed by atoms with Crippen molar-refractivity contribution in [2.24, 2.45) is 0 Å². The largest absolute Gasteiger partial charge is 0.497 e. The topological polar surface area (TPSA) is 114 Å². The molecule has 0 aliphatic carbocycles. The molecule has 31 heavy (non-hydrogen) atoms. The summed E-state index contributed by atoms with van der Waals surface area (Å²) in [6.07, 6.45) is 4.83. The molecule has 3 heterocycles. The number of nitrogens with one attached hydrogen (secondary N) is 2. The SMILES string of the molecule is COc1ccc2c(Cc3cccc(C(=O)NS(C)(=O)=O)n3)c(-c3cccnc3)[nH]c2c1. The molecule has 2 N–H and O–H groups in total. The molecule has 8 nitrogen and oxygen atoms in total. The Hall–Kier alpha value is -3.72. The molecule has 0 aliphatic rings. The number of carbonyl (C=O) groups excluding carboxylic acids is 1.